The zero-order valence-corrected chi connectivity index (χ0v) is 17.2. The zero-order chi connectivity index (χ0) is 18.6. The summed E-state index contributed by atoms with van der Waals surface area (Å²) in [6.07, 6.45) is 14.6. The maximum Gasteiger partial charge on any atom is 0.321 e. The molecule has 0 radical (unpaired) electrons. The third-order valence-corrected chi connectivity index (χ3v) is 3.96. The van der Waals surface area contributed by atoms with E-state index in [-0.39, 0.29) is 6.79 Å². The van der Waals surface area contributed by atoms with Crippen molar-refractivity contribution in [2.45, 2.75) is 97.8 Å². The number of methoxy groups -OCH3 is 1. The Morgan fingerprint density at radius 3 is 1.72 bits per heavy atom. The highest BCUT2D eigenvalue weighted by Gasteiger charge is 2.12. The predicted molar refractivity (Wildman–Crippen MR) is 104 cm³/mol. The molecule has 0 aromatic carbocycles. The molecular formula is C21H42O4. The summed E-state index contributed by atoms with van der Waals surface area (Å²) in [5, 5.41) is 0. The maximum absolute atomic E-state index is 5.89. The van der Waals surface area contributed by atoms with Crippen LogP contribution in [-0.2, 0) is 18.9 Å². The van der Waals surface area contributed by atoms with Gasteiger partial charge in [-0.05, 0) is 19.3 Å². The molecule has 0 aliphatic heterocycles. The minimum Gasteiger partial charge on any atom is -0.491 e. The third kappa shape index (κ3) is 15.1. The predicted octanol–water partition coefficient (Wildman–Crippen LogP) is 6.55. The standard InChI is InChI=1S/C21H42O4/c1-5-8-9-10-11-12-13-14-15-16-20(23-17-6-2)21(24-18-7-3)25-19-22-4/h5-19H2,1-4H3/b21-20-. The van der Waals surface area contributed by atoms with Crippen LogP contribution in [0.3, 0.4) is 0 Å². The highest BCUT2D eigenvalue weighted by molar-refractivity contribution is 4.95. The van der Waals surface area contributed by atoms with E-state index in [1.54, 1.807) is 7.11 Å². The summed E-state index contributed by atoms with van der Waals surface area (Å²) in [5.41, 5.74) is 0. The smallest absolute Gasteiger partial charge is 0.321 e. The van der Waals surface area contributed by atoms with Crippen LogP contribution in [0, 0.1) is 0 Å². The molecule has 0 unspecified atom stereocenters. The van der Waals surface area contributed by atoms with E-state index in [4.69, 9.17) is 18.9 Å². The number of hydrogen-bond acceptors (Lipinski definition) is 4. The second kappa shape index (κ2) is 19.4. The normalized spacial score (nSPS) is 12.0. The number of unbranched alkanes of at least 4 members (excludes halogenated alkanes) is 8. The summed E-state index contributed by atoms with van der Waals surface area (Å²) in [4.78, 5) is 0. The van der Waals surface area contributed by atoms with E-state index in [0.29, 0.717) is 19.2 Å². The van der Waals surface area contributed by atoms with Gasteiger partial charge in [0.1, 0.15) is 0 Å². The van der Waals surface area contributed by atoms with Gasteiger partial charge in [0, 0.05) is 13.5 Å². The lowest BCUT2D eigenvalue weighted by atomic mass is 10.1. The Hall–Kier alpha value is -0.900. The number of ether oxygens (including phenoxy) is 4. The molecule has 25 heavy (non-hydrogen) atoms. The summed E-state index contributed by atoms with van der Waals surface area (Å²) >= 11 is 0. The van der Waals surface area contributed by atoms with Gasteiger partial charge in [-0.25, -0.2) is 0 Å². The Labute approximate surface area is 156 Å². The van der Waals surface area contributed by atoms with Crippen molar-refractivity contribution in [2.75, 3.05) is 27.1 Å². The van der Waals surface area contributed by atoms with Crippen LogP contribution in [0.5, 0.6) is 0 Å². The molecule has 0 bridgehead atoms. The van der Waals surface area contributed by atoms with Crippen LogP contribution in [0.15, 0.2) is 11.7 Å². The first-order valence-corrected chi connectivity index (χ1v) is 10.4. The second-order valence-corrected chi connectivity index (χ2v) is 6.54. The van der Waals surface area contributed by atoms with Crippen molar-refractivity contribution in [1.29, 1.82) is 0 Å². The number of rotatable bonds is 19. The molecule has 4 nitrogen and oxygen atoms in total. The molecule has 0 aromatic rings. The van der Waals surface area contributed by atoms with Crippen LogP contribution in [0.2, 0.25) is 0 Å². The molecule has 0 fully saturated rings. The number of allylic oxidation sites excluding steroid dienone is 1. The van der Waals surface area contributed by atoms with Crippen molar-refractivity contribution in [3.8, 4) is 0 Å². The Kier molecular flexibility index (Phi) is 18.7. The molecule has 4 heteroatoms. The van der Waals surface area contributed by atoms with E-state index in [2.05, 4.69) is 20.8 Å². The van der Waals surface area contributed by atoms with Gasteiger partial charge in [0.25, 0.3) is 0 Å². The first-order valence-electron chi connectivity index (χ1n) is 10.4. The first-order chi connectivity index (χ1) is 12.3. The van der Waals surface area contributed by atoms with Crippen molar-refractivity contribution < 1.29 is 18.9 Å². The van der Waals surface area contributed by atoms with Gasteiger partial charge >= 0.3 is 5.95 Å². The Morgan fingerprint density at radius 1 is 0.600 bits per heavy atom. The van der Waals surface area contributed by atoms with Crippen molar-refractivity contribution in [2.24, 2.45) is 0 Å². The van der Waals surface area contributed by atoms with Crippen LogP contribution in [0.4, 0.5) is 0 Å². The highest BCUT2D eigenvalue weighted by Crippen LogP contribution is 2.19. The molecule has 0 aliphatic carbocycles. The molecule has 0 N–H and O–H groups in total. The minimum absolute atomic E-state index is 0.190. The van der Waals surface area contributed by atoms with Gasteiger partial charge in [0.15, 0.2) is 12.6 Å². The van der Waals surface area contributed by atoms with E-state index < -0.39 is 0 Å². The monoisotopic (exact) mass is 358 g/mol. The average molecular weight is 359 g/mol. The fourth-order valence-corrected chi connectivity index (χ4v) is 2.56. The van der Waals surface area contributed by atoms with Gasteiger partial charge in [-0.2, -0.15) is 0 Å². The molecule has 0 amide bonds. The molecular weight excluding hydrogens is 316 g/mol. The SMILES string of the molecule is CCCCCCCCCCC/C(OCCC)=C(\OCCC)OCOC. The van der Waals surface area contributed by atoms with E-state index >= 15 is 0 Å². The van der Waals surface area contributed by atoms with Crippen molar-refractivity contribution in [3.63, 3.8) is 0 Å². The van der Waals surface area contributed by atoms with Gasteiger partial charge in [-0.1, -0.05) is 72.1 Å². The fraction of sp³-hybridized carbons (Fsp3) is 0.905. The van der Waals surface area contributed by atoms with Crippen LogP contribution < -0.4 is 0 Å². The van der Waals surface area contributed by atoms with Crippen LogP contribution in [-0.4, -0.2) is 27.1 Å². The third-order valence-electron chi connectivity index (χ3n) is 3.96. The molecule has 0 saturated heterocycles. The highest BCUT2D eigenvalue weighted by atomic mass is 16.7. The number of hydrogen-bond donors (Lipinski definition) is 0. The molecule has 0 spiro atoms. The van der Waals surface area contributed by atoms with Crippen molar-refractivity contribution in [1.82, 2.24) is 0 Å². The lowest BCUT2D eigenvalue weighted by molar-refractivity contribution is -0.0686. The lowest BCUT2D eigenvalue weighted by Crippen LogP contribution is -2.08. The maximum atomic E-state index is 5.89. The summed E-state index contributed by atoms with van der Waals surface area (Å²) in [6, 6.07) is 0. The molecule has 0 aliphatic rings. The Morgan fingerprint density at radius 2 is 1.16 bits per heavy atom. The van der Waals surface area contributed by atoms with Crippen molar-refractivity contribution in [3.05, 3.63) is 11.7 Å². The molecule has 0 saturated carbocycles. The van der Waals surface area contributed by atoms with Crippen LogP contribution in [0.25, 0.3) is 0 Å². The quantitative estimate of drug-likeness (QED) is 0.149. The fourth-order valence-electron chi connectivity index (χ4n) is 2.56. The van der Waals surface area contributed by atoms with Gasteiger partial charge in [0.05, 0.1) is 13.2 Å². The largest absolute Gasteiger partial charge is 0.491 e. The van der Waals surface area contributed by atoms with E-state index in [1.165, 1.54) is 51.4 Å². The Bertz CT molecular complexity index is 292. The van der Waals surface area contributed by atoms with Gasteiger partial charge in [-0.15, -0.1) is 0 Å². The first kappa shape index (κ1) is 24.1. The van der Waals surface area contributed by atoms with Crippen LogP contribution in [0.1, 0.15) is 97.8 Å². The van der Waals surface area contributed by atoms with E-state index in [9.17, 15) is 0 Å². The van der Waals surface area contributed by atoms with E-state index in [0.717, 1.165) is 31.4 Å². The van der Waals surface area contributed by atoms with Gasteiger partial charge in [0.2, 0.25) is 0 Å². The molecule has 0 aromatic heterocycles. The molecule has 0 rings (SSSR count). The average Bonchev–Trinajstić information content (AvgIpc) is 2.63. The molecule has 0 heterocycles. The van der Waals surface area contributed by atoms with Crippen molar-refractivity contribution >= 4 is 0 Å². The molecule has 150 valence electrons. The van der Waals surface area contributed by atoms with Crippen LogP contribution >= 0.6 is 0 Å². The second-order valence-electron chi connectivity index (χ2n) is 6.54. The zero-order valence-electron chi connectivity index (χ0n) is 17.2. The summed E-state index contributed by atoms with van der Waals surface area (Å²) < 4.78 is 22.2. The van der Waals surface area contributed by atoms with Gasteiger partial charge < -0.3 is 18.9 Å². The summed E-state index contributed by atoms with van der Waals surface area (Å²) in [5.74, 6) is 1.35. The Balaban J connectivity index is 4.21. The molecule has 0 atom stereocenters. The van der Waals surface area contributed by atoms with E-state index in [1.807, 2.05) is 0 Å². The topological polar surface area (TPSA) is 36.9 Å². The summed E-state index contributed by atoms with van der Waals surface area (Å²) in [7, 11) is 1.62. The summed E-state index contributed by atoms with van der Waals surface area (Å²) in [6.45, 7) is 7.98. The van der Waals surface area contributed by atoms with Gasteiger partial charge in [-0.3, -0.25) is 0 Å². The lowest BCUT2D eigenvalue weighted by Gasteiger charge is -2.17. The minimum atomic E-state index is 0.190.